The van der Waals surface area contributed by atoms with Crippen LogP contribution in [-0.4, -0.2) is 18.5 Å². The van der Waals surface area contributed by atoms with Gasteiger partial charge in [0.05, 0.1) is 22.3 Å². The van der Waals surface area contributed by atoms with Crippen molar-refractivity contribution >= 4 is 34.8 Å². The molecule has 1 saturated carbocycles. The zero-order valence-electron chi connectivity index (χ0n) is 10.9. The Morgan fingerprint density at radius 3 is 2.58 bits per heavy atom. The van der Waals surface area contributed by atoms with E-state index in [0.717, 1.165) is 12.3 Å². The molecule has 1 aromatic carbocycles. The summed E-state index contributed by atoms with van der Waals surface area (Å²) >= 11 is 12.0. The predicted octanol–water partition coefficient (Wildman–Crippen LogP) is 3.71. The first-order chi connectivity index (χ1) is 9.06. The maximum absolute atomic E-state index is 11.8. The van der Waals surface area contributed by atoms with Gasteiger partial charge in [0.2, 0.25) is 5.91 Å². The molecule has 2 rings (SSSR count). The van der Waals surface area contributed by atoms with Crippen molar-refractivity contribution in [1.82, 2.24) is 5.32 Å². The van der Waals surface area contributed by atoms with E-state index in [1.807, 2.05) is 0 Å². The highest BCUT2D eigenvalue weighted by molar-refractivity contribution is 6.39. The molecular weight excluding hydrogens is 283 g/mol. The topological polar surface area (TPSA) is 41.1 Å². The van der Waals surface area contributed by atoms with Crippen LogP contribution in [0.25, 0.3) is 0 Å². The highest BCUT2D eigenvalue weighted by Crippen LogP contribution is 2.33. The van der Waals surface area contributed by atoms with E-state index in [4.69, 9.17) is 23.2 Å². The second kappa shape index (κ2) is 6.60. The first kappa shape index (κ1) is 14.6. The van der Waals surface area contributed by atoms with Gasteiger partial charge >= 0.3 is 0 Å². The molecule has 0 spiro atoms. The van der Waals surface area contributed by atoms with Gasteiger partial charge in [-0.3, -0.25) is 4.79 Å². The Hall–Kier alpha value is -0.770. The molecule has 0 aliphatic heterocycles. The number of halogens is 2. The number of carbonyl (C=O) groups is 1. The molecule has 1 amide bonds. The summed E-state index contributed by atoms with van der Waals surface area (Å²) in [5, 5.41) is 6.85. The Morgan fingerprint density at radius 2 is 2.00 bits per heavy atom. The summed E-state index contributed by atoms with van der Waals surface area (Å²) in [6.07, 6.45) is 3.79. The van der Waals surface area contributed by atoms with E-state index in [1.54, 1.807) is 18.2 Å². The third-order valence-electron chi connectivity index (χ3n) is 3.22. The summed E-state index contributed by atoms with van der Waals surface area (Å²) in [5.74, 6) is 0.723. The number of benzene rings is 1. The third-order valence-corrected chi connectivity index (χ3v) is 3.85. The van der Waals surface area contributed by atoms with Gasteiger partial charge in [-0.2, -0.15) is 0 Å². The van der Waals surface area contributed by atoms with Crippen LogP contribution in [-0.2, 0) is 4.79 Å². The van der Waals surface area contributed by atoms with Crippen LogP contribution in [0.3, 0.4) is 0 Å². The fourth-order valence-electron chi connectivity index (χ4n) is 2.00. The van der Waals surface area contributed by atoms with Crippen LogP contribution in [0, 0.1) is 5.92 Å². The molecule has 2 N–H and O–H groups in total. The lowest BCUT2D eigenvalue weighted by Gasteiger charge is -2.14. The van der Waals surface area contributed by atoms with Gasteiger partial charge in [-0.15, -0.1) is 0 Å². The van der Waals surface area contributed by atoms with Crippen molar-refractivity contribution in [1.29, 1.82) is 0 Å². The Morgan fingerprint density at radius 1 is 1.37 bits per heavy atom. The fourth-order valence-corrected chi connectivity index (χ4v) is 2.50. The van der Waals surface area contributed by atoms with Crippen molar-refractivity contribution in [2.45, 2.75) is 32.2 Å². The second-order valence-corrected chi connectivity index (χ2v) is 5.92. The number of hydrogen-bond donors (Lipinski definition) is 2. The van der Waals surface area contributed by atoms with Crippen LogP contribution in [0.5, 0.6) is 0 Å². The van der Waals surface area contributed by atoms with Crippen LogP contribution >= 0.6 is 23.2 Å². The quantitative estimate of drug-likeness (QED) is 0.841. The number of nitrogens with one attached hydrogen (secondary N) is 2. The lowest BCUT2D eigenvalue weighted by molar-refractivity contribution is -0.115. The van der Waals surface area contributed by atoms with Crippen LogP contribution in [0.15, 0.2) is 18.2 Å². The van der Waals surface area contributed by atoms with E-state index < -0.39 is 0 Å². The Kier molecular flexibility index (Phi) is 5.08. The maximum atomic E-state index is 11.8. The van der Waals surface area contributed by atoms with Crippen LogP contribution in [0.2, 0.25) is 10.0 Å². The van der Waals surface area contributed by atoms with Crippen LogP contribution < -0.4 is 10.6 Å². The van der Waals surface area contributed by atoms with E-state index >= 15 is 0 Å². The summed E-state index contributed by atoms with van der Waals surface area (Å²) in [4.78, 5) is 11.8. The van der Waals surface area contributed by atoms with Gasteiger partial charge < -0.3 is 10.6 Å². The number of rotatable bonds is 6. The second-order valence-electron chi connectivity index (χ2n) is 5.11. The number of anilines is 1. The van der Waals surface area contributed by atoms with Crippen molar-refractivity contribution < 1.29 is 4.79 Å². The van der Waals surface area contributed by atoms with Gasteiger partial charge in [0.1, 0.15) is 0 Å². The molecule has 0 bridgehead atoms. The van der Waals surface area contributed by atoms with E-state index in [-0.39, 0.29) is 12.5 Å². The summed E-state index contributed by atoms with van der Waals surface area (Å²) < 4.78 is 0. The molecule has 0 saturated heterocycles. The smallest absolute Gasteiger partial charge is 0.238 e. The van der Waals surface area contributed by atoms with Crippen LogP contribution in [0.4, 0.5) is 5.69 Å². The van der Waals surface area contributed by atoms with Crippen molar-refractivity contribution in [3.63, 3.8) is 0 Å². The van der Waals surface area contributed by atoms with E-state index in [0.29, 0.717) is 21.8 Å². The third kappa shape index (κ3) is 4.68. The van der Waals surface area contributed by atoms with Gasteiger partial charge in [0.25, 0.3) is 0 Å². The highest BCUT2D eigenvalue weighted by atomic mass is 35.5. The van der Waals surface area contributed by atoms with Crippen molar-refractivity contribution in [3.05, 3.63) is 28.2 Å². The SMILES string of the molecule is CC(CC1CC1)NCC(=O)Nc1c(Cl)cccc1Cl. The van der Waals surface area contributed by atoms with Gasteiger partial charge in [0, 0.05) is 6.04 Å². The molecule has 5 heteroatoms. The van der Waals surface area contributed by atoms with Crippen molar-refractivity contribution in [3.8, 4) is 0 Å². The normalized spacial score (nSPS) is 16.2. The molecule has 1 unspecified atom stereocenters. The summed E-state index contributed by atoms with van der Waals surface area (Å²) in [6, 6.07) is 5.51. The molecule has 1 atom stereocenters. The van der Waals surface area contributed by atoms with Gasteiger partial charge in [-0.05, 0) is 31.4 Å². The Bertz CT molecular complexity index is 441. The molecule has 1 aliphatic rings. The van der Waals surface area contributed by atoms with Crippen LogP contribution in [0.1, 0.15) is 26.2 Å². The molecule has 3 nitrogen and oxygen atoms in total. The average Bonchev–Trinajstić information content (AvgIpc) is 3.15. The van der Waals surface area contributed by atoms with Gasteiger partial charge in [0.15, 0.2) is 0 Å². The zero-order chi connectivity index (χ0) is 13.8. The molecule has 0 aromatic heterocycles. The largest absolute Gasteiger partial charge is 0.322 e. The standard InChI is InChI=1S/C14H18Cl2N2O/c1-9(7-10-5-6-10)17-8-13(19)18-14-11(15)3-2-4-12(14)16/h2-4,9-10,17H,5-8H2,1H3,(H,18,19). The summed E-state index contributed by atoms with van der Waals surface area (Å²) in [6.45, 7) is 2.38. The number of carbonyl (C=O) groups excluding carboxylic acids is 1. The monoisotopic (exact) mass is 300 g/mol. The van der Waals surface area contributed by atoms with E-state index in [1.165, 1.54) is 12.8 Å². The number of amides is 1. The first-order valence-electron chi connectivity index (χ1n) is 6.53. The fraction of sp³-hybridized carbons (Fsp3) is 0.500. The van der Waals surface area contributed by atoms with E-state index in [9.17, 15) is 4.79 Å². The van der Waals surface area contributed by atoms with Gasteiger partial charge in [-0.1, -0.05) is 42.1 Å². The lowest BCUT2D eigenvalue weighted by Crippen LogP contribution is -2.34. The Balaban J connectivity index is 1.80. The molecule has 19 heavy (non-hydrogen) atoms. The molecule has 1 aromatic rings. The molecule has 104 valence electrons. The van der Waals surface area contributed by atoms with Crippen molar-refractivity contribution in [2.24, 2.45) is 5.92 Å². The average molecular weight is 301 g/mol. The van der Waals surface area contributed by atoms with E-state index in [2.05, 4.69) is 17.6 Å². The van der Waals surface area contributed by atoms with Crippen molar-refractivity contribution in [2.75, 3.05) is 11.9 Å². The predicted molar refractivity (Wildman–Crippen MR) is 79.9 cm³/mol. The molecule has 0 heterocycles. The highest BCUT2D eigenvalue weighted by Gasteiger charge is 2.23. The molecular formula is C14H18Cl2N2O. The number of hydrogen-bond acceptors (Lipinski definition) is 2. The molecule has 1 fully saturated rings. The lowest BCUT2D eigenvalue weighted by atomic mass is 10.1. The number of para-hydroxylation sites is 1. The molecule has 1 aliphatic carbocycles. The molecule has 0 radical (unpaired) electrons. The first-order valence-corrected chi connectivity index (χ1v) is 7.29. The minimum atomic E-state index is -0.127. The van der Waals surface area contributed by atoms with Gasteiger partial charge in [-0.25, -0.2) is 0 Å². The minimum absolute atomic E-state index is 0.127. The summed E-state index contributed by atoms with van der Waals surface area (Å²) in [7, 11) is 0. The minimum Gasteiger partial charge on any atom is -0.322 e. The Labute approximate surface area is 123 Å². The zero-order valence-corrected chi connectivity index (χ0v) is 12.4. The maximum Gasteiger partial charge on any atom is 0.238 e. The summed E-state index contributed by atoms with van der Waals surface area (Å²) in [5.41, 5.74) is 0.479.